The van der Waals surface area contributed by atoms with E-state index in [-0.39, 0.29) is 11.4 Å². The van der Waals surface area contributed by atoms with Gasteiger partial charge in [0.15, 0.2) is 5.69 Å². The van der Waals surface area contributed by atoms with Gasteiger partial charge in [0.1, 0.15) is 5.82 Å². The highest BCUT2D eigenvalue weighted by atomic mass is 35.5. The van der Waals surface area contributed by atoms with E-state index in [0.29, 0.717) is 5.82 Å². The number of anilines is 1. The molecule has 106 valence electrons. The van der Waals surface area contributed by atoms with E-state index in [2.05, 4.69) is 15.5 Å². The van der Waals surface area contributed by atoms with E-state index in [4.69, 9.17) is 11.6 Å². The summed E-state index contributed by atoms with van der Waals surface area (Å²) in [6.07, 6.45) is 0.646. The van der Waals surface area contributed by atoms with Crippen LogP contribution in [0.1, 0.15) is 37.8 Å². The van der Waals surface area contributed by atoms with E-state index >= 15 is 0 Å². The highest BCUT2D eigenvalue weighted by Crippen LogP contribution is 2.28. The van der Waals surface area contributed by atoms with Crippen molar-refractivity contribution < 1.29 is 13.2 Å². The van der Waals surface area contributed by atoms with Crippen LogP contribution >= 0.6 is 11.6 Å². The molecule has 2 atom stereocenters. The number of nitrogens with zero attached hydrogens (tertiary/aromatic N) is 2. The molecule has 1 N–H and O–H groups in total. The van der Waals surface area contributed by atoms with Crippen molar-refractivity contribution >= 4 is 17.4 Å². The first-order valence-corrected chi connectivity index (χ1v) is 6.72. The van der Waals surface area contributed by atoms with Crippen molar-refractivity contribution in [2.24, 2.45) is 0 Å². The Morgan fingerprint density at radius 3 is 2.47 bits per heavy atom. The van der Waals surface area contributed by atoms with Crippen LogP contribution in [0.5, 0.6) is 0 Å². The van der Waals surface area contributed by atoms with Gasteiger partial charge in [-0.05, 0) is 25.0 Å². The Morgan fingerprint density at radius 1 is 1.11 bits per heavy atom. The van der Waals surface area contributed by atoms with Crippen molar-refractivity contribution in [3.63, 3.8) is 0 Å². The molecule has 2 rings (SSSR count). The third kappa shape index (κ3) is 3.96. The van der Waals surface area contributed by atoms with Gasteiger partial charge in [-0.25, -0.2) is 0 Å². The van der Waals surface area contributed by atoms with Gasteiger partial charge in [-0.3, -0.25) is 0 Å². The number of hydrogen-bond donors (Lipinski definition) is 1. The maximum atomic E-state index is 12.3. The van der Waals surface area contributed by atoms with Crippen LogP contribution in [0.3, 0.4) is 0 Å². The summed E-state index contributed by atoms with van der Waals surface area (Å²) in [6, 6.07) is 2.26. The number of halogens is 4. The number of alkyl halides is 4. The minimum atomic E-state index is -4.46. The Balaban J connectivity index is 2.02. The van der Waals surface area contributed by atoms with Crippen LogP contribution < -0.4 is 5.32 Å². The van der Waals surface area contributed by atoms with Gasteiger partial charge in [0, 0.05) is 6.04 Å². The molecule has 1 aromatic rings. The zero-order valence-electron chi connectivity index (χ0n) is 10.3. The minimum Gasteiger partial charge on any atom is -0.364 e. The minimum absolute atomic E-state index is 0.0217. The first kappa shape index (κ1) is 14.4. The van der Waals surface area contributed by atoms with E-state index in [1.165, 1.54) is 6.07 Å². The molecule has 1 fully saturated rings. The van der Waals surface area contributed by atoms with Gasteiger partial charge in [-0.1, -0.05) is 19.3 Å². The second kappa shape index (κ2) is 5.94. The summed E-state index contributed by atoms with van der Waals surface area (Å²) in [4.78, 5) is 0. The number of hydrogen-bond acceptors (Lipinski definition) is 3. The predicted octanol–water partition coefficient (Wildman–Crippen LogP) is 3.85. The summed E-state index contributed by atoms with van der Waals surface area (Å²) in [5.74, 6) is 0.338. The molecule has 19 heavy (non-hydrogen) atoms. The average molecular weight is 294 g/mol. The fraction of sp³-hybridized carbons (Fsp3) is 0.667. The lowest BCUT2D eigenvalue weighted by Gasteiger charge is -2.21. The number of rotatable bonds is 2. The largest absolute Gasteiger partial charge is 0.435 e. The molecule has 0 aromatic carbocycles. The topological polar surface area (TPSA) is 37.8 Å². The van der Waals surface area contributed by atoms with Gasteiger partial charge < -0.3 is 5.32 Å². The van der Waals surface area contributed by atoms with Crippen LogP contribution in [0.4, 0.5) is 19.0 Å². The zero-order chi connectivity index (χ0) is 13.9. The molecule has 0 aliphatic heterocycles. The Bertz CT molecular complexity index is 408. The van der Waals surface area contributed by atoms with Crippen LogP contribution in [0.15, 0.2) is 12.1 Å². The van der Waals surface area contributed by atoms with Crippen molar-refractivity contribution in [3.8, 4) is 0 Å². The molecule has 1 aliphatic carbocycles. The van der Waals surface area contributed by atoms with E-state index in [1.54, 1.807) is 0 Å². The summed E-state index contributed by atoms with van der Waals surface area (Å²) in [6.45, 7) is 0. The third-order valence-corrected chi connectivity index (χ3v) is 3.74. The van der Waals surface area contributed by atoms with Crippen molar-refractivity contribution in [2.75, 3.05) is 5.32 Å². The average Bonchev–Trinajstić information content (AvgIpc) is 2.55. The molecule has 1 aliphatic rings. The molecule has 0 amide bonds. The molecule has 1 heterocycles. The molecule has 0 spiro atoms. The lowest BCUT2D eigenvalue weighted by Crippen LogP contribution is -2.29. The summed E-state index contributed by atoms with van der Waals surface area (Å²) in [7, 11) is 0. The maximum Gasteiger partial charge on any atom is 0.435 e. The van der Waals surface area contributed by atoms with Gasteiger partial charge in [0.2, 0.25) is 0 Å². The molecule has 3 nitrogen and oxygen atoms in total. The first-order chi connectivity index (χ1) is 8.97. The normalized spacial score (nSPS) is 24.8. The summed E-state index contributed by atoms with van der Waals surface area (Å²) in [5.41, 5.74) is -0.985. The number of aromatic nitrogens is 2. The molecule has 7 heteroatoms. The summed E-state index contributed by atoms with van der Waals surface area (Å²) >= 11 is 6.25. The second-order valence-corrected chi connectivity index (χ2v) is 5.27. The predicted molar refractivity (Wildman–Crippen MR) is 67.2 cm³/mol. The molecular formula is C12H15ClF3N3. The molecule has 0 saturated heterocycles. The highest BCUT2D eigenvalue weighted by molar-refractivity contribution is 6.21. The standard InChI is InChI=1S/C12H15ClF3N3/c13-8-4-2-1-3-5-9(8)17-11-7-6-10(18-19-11)12(14,15)16/h6-9H,1-5H2,(H,17,19). The maximum absolute atomic E-state index is 12.3. The molecule has 2 unspecified atom stereocenters. The Labute approximate surface area is 114 Å². The van der Waals surface area contributed by atoms with Gasteiger partial charge >= 0.3 is 6.18 Å². The van der Waals surface area contributed by atoms with Crippen LogP contribution in [0, 0.1) is 0 Å². The van der Waals surface area contributed by atoms with E-state index in [9.17, 15) is 13.2 Å². The quantitative estimate of drug-likeness (QED) is 0.665. The number of nitrogens with one attached hydrogen (secondary N) is 1. The van der Waals surface area contributed by atoms with Crippen molar-refractivity contribution in [1.82, 2.24) is 10.2 Å². The van der Waals surface area contributed by atoms with E-state index in [0.717, 1.165) is 38.2 Å². The summed E-state index contributed by atoms with van der Waals surface area (Å²) in [5, 5.41) is 9.80. The van der Waals surface area contributed by atoms with E-state index < -0.39 is 11.9 Å². The second-order valence-electron chi connectivity index (χ2n) is 4.71. The highest BCUT2D eigenvalue weighted by Gasteiger charge is 2.33. The van der Waals surface area contributed by atoms with Gasteiger partial charge in [0.25, 0.3) is 0 Å². The lowest BCUT2D eigenvalue weighted by atomic mass is 10.1. The van der Waals surface area contributed by atoms with Crippen LogP contribution in [-0.4, -0.2) is 21.6 Å². The fourth-order valence-corrected chi connectivity index (χ4v) is 2.52. The van der Waals surface area contributed by atoms with Crippen molar-refractivity contribution in [1.29, 1.82) is 0 Å². The van der Waals surface area contributed by atoms with Crippen molar-refractivity contribution in [3.05, 3.63) is 17.8 Å². The van der Waals surface area contributed by atoms with Crippen molar-refractivity contribution in [2.45, 2.75) is 49.7 Å². The Morgan fingerprint density at radius 2 is 1.84 bits per heavy atom. The van der Waals surface area contributed by atoms with Gasteiger partial charge in [-0.2, -0.15) is 13.2 Å². The Hall–Kier alpha value is -1.04. The SMILES string of the molecule is FC(F)(F)c1ccc(NC2CCCCCC2Cl)nn1. The molecule has 0 bridgehead atoms. The fourth-order valence-electron chi connectivity index (χ4n) is 2.18. The van der Waals surface area contributed by atoms with Crippen LogP contribution in [-0.2, 0) is 6.18 Å². The Kier molecular flexibility index (Phi) is 4.50. The smallest absolute Gasteiger partial charge is 0.364 e. The first-order valence-electron chi connectivity index (χ1n) is 6.28. The van der Waals surface area contributed by atoms with Gasteiger partial charge in [-0.15, -0.1) is 21.8 Å². The monoisotopic (exact) mass is 293 g/mol. The molecular weight excluding hydrogens is 279 g/mol. The zero-order valence-corrected chi connectivity index (χ0v) is 11.0. The molecule has 0 radical (unpaired) electrons. The van der Waals surface area contributed by atoms with Gasteiger partial charge in [0.05, 0.1) is 5.38 Å². The third-order valence-electron chi connectivity index (χ3n) is 3.22. The van der Waals surface area contributed by atoms with Crippen LogP contribution in [0.25, 0.3) is 0 Å². The van der Waals surface area contributed by atoms with Crippen LogP contribution in [0.2, 0.25) is 0 Å². The molecule has 1 saturated carbocycles. The molecule has 1 aromatic heterocycles. The van der Waals surface area contributed by atoms with E-state index in [1.807, 2.05) is 0 Å². The lowest BCUT2D eigenvalue weighted by molar-refractivity contribution is -0.141. The summed E-state index contributed by atoms with van der Waals surface area (Å²) < 4.78 is 37.0.